The fraction of sp³-hybridized carbons (Fsp3) is 0.857. The molecule has 0 saturated carbocycles. The van der Waals surface area contributed by atoms with Crippen molar-refractivity contribution >= 4 is 22.2 Å². The van der Waals surface area contributed by atoms with Crippen molar-refractivity contribution in [3.05, 3.63) is 0 Å². The van der Waals surface area contributed by atoms with Crippen LogP contribution in [0.3, 0.4) is 0 Å². The molecule has 0 aromatic carbocycles. The van der Waals surface area contributed by atoms with Gasteiger partial charge < -0.3 is 14.4 Å². The fourth-order valence-corrected chi connectivity index (χ4v) is 2.23. The first-order valence-electron chi connectivity index (χ1n) is 7.78. The normalized spacial score (nSPS) is 17.3. The van der Waals surface area contributed by atoms with E-state index in [1.165, 1.54) is 4.90 Å². The van der Waals surface area contributed by atoms with Gasteiger partial charge in [-0.25, -0.2) is 4.79 Å². The maximum absolute atomic E-state index is 13.0. The highest BCUT2D eigenvalue weighted by Gasteiger charge is 2.46. The quantitative estimate of drug-likeness (QED) is 0.548. The van der Waals surface area contributed by atoms with Crippen LogP contribution in [0.15, 0.2) is 0 Å². The van der Waals surface area contributed by atoms with Gasteiger partial charge in [0.2, 0.25) is 0 Å². The molecule has 1 aliphatic heterocycles. The molecule has 0 bridgehead atoms. The average Bonchev–Trinajstić information content (AvgIpc) is 2.51. The van der Waals surface area contributed by atoms with Crippen LogP contribution in [0.4, 0.5) is 13.6 Å². The molecule has 1 aliphatic rings. The molecule has 146 valence electrons. The first-order chi connectivity index (χ1) is 11.3. The molecule has 25 heavy (non-hydrogen) atoms. The number of rotatable bonds is 6. The Labute approximate surface area is 145 Å². The highest BCUT2D eigenvalue weighted by atomic mass is 32.2. The van der Waals surface area contributed by atoms with Gasteiger partial charge in [0, 0.05) is 13.1 Å². The molecule has 0 atom stereocenters. The predicted octanol–water partition coefficient (Wildman–Crippen LogP) is 2.05. The Balaban J connectivity index is 2.49. The first-order valence-corrected chi connectivity index (χ1v) is 9.22. The molecular weight excluding hydrogens is 364 g/mol. The van der Waals surface area contributed by atoms with Crippen LogP contribution in [0, 0.1) is 5.92 Å². The second-order valence-corrected chi connectivity index (χ2v) is 8.01. The molecule has 0 aromatic rings. The van der Waals surface area contributed by atoms with E-state index >= 15 is 0 Å². The average molecular weight is 387 g/mol. The lowest BCUT2D eigenvalue weighted by Gasteiger charge is -2.33. The second-order valence-electron chi connectivity index (χ2n) is 6.46. The third kappa shape index (κ3) is 6.07. The summed E-state index contributed by atoms with van der Waals surface area (Å²) in [5.74, 6) is -1.73. The van der Waals surface area contributed by atoms with Gasteiger partial charge in [-0.05, 0) is 33.1 Å². The number of carbonyl (C=O) groups excluding carboxylic acids is 2. The van der Waals surface area contributed by atoms with Gasteiger partial charge in [0.25, 0.3) is 0 Å². The van der Waals surface area contributed by atoms with Crippen LogP contribution in [0.2, 0.25) is 0 Å². The lowest BCUT2D eigenvalue weighted by atomic mass is 9.97. The van der Waals surface area contributed by atoms with E-state index in [9.17, 15) is 26.8 Å². The zero-order valence-corrected chi connectivity index (χ0v) is 15.1. The van der Waals surface area contributed by atoms with Crippen LogP contribution in [-0.2, 0) is 24.4 Å². The van der Waals surface area contributed by atoms with Crippen molar-refractivity contribution in [3.63, 3.8) is 0 Å². The number of carbonyl (C=O) groups is 2. The van der Waals surface area contributed by atoms with Gasteiger partial charge in [-0.15, -0.1) is 0 Å². The summed E-state index contributed by atoms with van der Waals surface area (Å²) in [7, 11) is -5.65. The van der Waals surface area contributed by atoms with Crippen molar-refractivity contribution in [2.45, 2.75) is 50.9 Å². The second kappa shape index (κ2) is 7.81. The number of esters is 1. The van der Waals surface area contributed by atoms with Gasteiger partial charge in [-0.2, -0.15) is 17.2 Å². The molecule has 0 radical (unpaired) electrons. The van der Waals surface area contributed by atoms with Crippen LogP contribution < -0.4 is 0 Å². The van der Waals surface area contributed by atoms with Gasteiger partial charge in [-0.1, -0.05) is 6.92 Å². The molecule has 0 unspecified atom stereocenters. The SMILES string of the molecule is CCC(C)(C)OC(=O)N1CCC(C(=O)OCC(F)(F)S(=O)(=O)O)CC1. The van der Waals surface area contributed by atoms with Crippen LogP contribution in [0.25, 0.3) is 0 Å². The number of hydrogen-bond acceptors (Lipinski definition) is 6. The molecule has 1 N–H and O–H groups in total. The van der Waals surface area contributed by atoms with Gasteiger partial charge in [-0.3, -0.25) is 9.35 Å². The third-order valence-electron chi connectivity index (χ3n) is 4.06. The van der Waals surface area contributed by atoms with Gasteiger partial charge in [0.05, 0.1) is 5.92 Å². The molecule has 0 aliphatic carbocycles. The summed E-state index contributed by atoms with van der Waals surface area (Å²) >= 11 is 0. The van der Waals surface area contributed by atoms with Gasteiger partial charge in [0.1, 0.15) is 5.60 Å². The Morgan fingerprint density at radius 1 is 1.24 bits per heavy atom. The van der Waals surface area contributed by atoms with E-state index in [1.807, 2.05) is 6.92 Å². The number of alkyl halides is 2. The van der Waals surface area contributed by atoms with Crippen LogP contribution in [0.1, 0.15) is 40.0 Å². The fourth-order valence-electron chi connectivity index (χ4n) is 2.02. The van der Waals surface area contributed by atoms with Crippen LogP contribution >= 0.6 is 0 Å². The van der Waals surface area contributed by atoms with Crippen LogP contribution in [-0.4, -0.2) is 60.5 Å². The molecular formula is C14H23F2NO7S. The number of amides is 1. The van der Waals surface area contributed by atoms with E-state index < -0.39 is 45.6 Å². The van der Waals surface area contributed by atoms with E-state index in [-0.39, 0.29) is 25.9 Å². The number of likely N-dealkylation sites (tertiary alicyclic amines) is 1. The lowest BCUT2D eigenvalue weighted by Crippen LogP contribution is -2.44. The number of ether oxygens (including phenoxy) is 2. The summed E-state index contributed by atoms with van der Waals surface area (Å²) < 4.78 is 65.0. The highest BCUT2D eigenvalue weighted by Crippen LogP contribution is 2.24. The van der Waals surface area contributed by atoms with E-state index in [0.29, 0.717) is 6.42 Å². The van der Waals surface area contributed by atoms with Gasteiger partial charge >= 0.3 is 27.4 Å². The third-order valence-corrected chi connectivity index (χ3v) is 4.93. The lowest BCUT2D eigenvalue weighted by molar-refractivity contribution is -0.156. The highest BCUT2D eigenvalue weighted by molar-refractivity contribution is 7.86. The molecule has 1 fully saturated rings. The molecule has 1 heterocycles. The minimum absolute atomic E-state index is 0.179. The number of piperidine rings is 1. The molecule has 0 aromatic heterocycles. The maximum Gasteiger partial charge on any atom is 0.410 e. The Kier molecular flexibility index (Phi) is 6.74. The standard InChI is InChI=1S/C14H23F2NO7S/c1-4-13(2,3)24-12(19)17-7-5-10(6-8-17)11(18)23-9-14(15,16)25(20,21)22/h10H,4-9H2,1-3H3,(H,20,21,22). The Morgan fingerprint density at radius 3 is 2.20 bits per heavy atom. The molecule has 1 rings (SSSR count). The van der Waals surface area contributed by atoms with Crippen molar-refractivity contribution in [1.29, 1.82) is 0 Å². The molecule has 8 nitrogen and oxygen atoms in total. The summed E-state index contributed by atoms with van der Waals surface area (Å²) in [5.41, 5.74) is -0.617. The zero-order chi connectivity index (χ0) is 19.5. The topological polar surface area (TPSA) is 110 Å². The number of hydrogen-bond donors (Lipinski definition) is 1. The molecule has 1 saturated heterocycles. The van der Waals surface area contributed by atoms with E-state index in [2.05, 4.69) is 4.74 Å². The first kappa shape index (κ1) is 21.6. The summed E-state index contributed by atoms with van der Waals surface area (Å²) in [6.07, 6.45) is 0.468. The van der Waals surface area contributed by atoms with Crippen molar-refractivity contribution in [3.8, 4) is 0 Å². The maximum atomic E-state index is 13.0. The van der Waals surface area contributed by atoms with E-state index in [0.717, 1.165) is 0 Å². The zero-order valence-electron chi connectivity index (χ0n) is 14.3. The van der Waals surface area contributed by atoms with Gasteiger partial charge in [0.15, 0.2) is 6.61 Å². The molecule has 0 spiro atoms. The predicted molar refractivity (Wildman–Crippen MR) is 82.6 cm³/mol. The summed E-state index contributed by atoms with van der Waals surface area (Å²) in [5, 5.41) is -4.56. The summed E-state index contributed by atoms with van der Waals surface area (Å²) in [4.78, 5) is 25.2. The molecule has 1 amide bonds. The van der Waals surface area contributed by atoms with Crippen molar-refractivity contribution in [1.82, 2.24) is 4.90 Å². The van der Waals surface area contributed by atoms with E-state index in [4.69, 9.17) is 9.29 Å². The Hall–Kier alpha value is -1.49. The Bertz CT molecular complexity index is 598. The summed E-state index contributed by atoms with van der Waals surface area (Å²) in [6, 6.07) is 0. The summed E-state index contributed by atoms with van der Waals surface area (Å²) in [6.45, 7) is 4.03. The van der Waals surface area contributed by atoms with Crippen molar-refractivity contribution in [2.75, 3.05) is 19.7 Å². The molecule has 11 heteroatoms. The van der Waals surface area contributed by atoms with Crippen molar-refractivity contribution in [2.24, 2.45) is 5.92 Å². The number of halogens is 2. The van der Waals surface area contributed by atoms with Crippen LogP contribution in [0.5, 0.6) is 0 Å². The Morgan fingerprint density at radius 2 is 1.76 bits per heavy atom. The van der Waals surface area contributed by atoms with Crippen molar-refractivity contribution < 1.29 is 40.8 Å². The minimum Gasteiger partial charge on any atom is -0.458 e. The monoisotopic (exact) mass is 387 g/mol. The van der Waals surface area contributed by atoms with E-state index in [1.54, 1.807) is 13.8 Å². The smallest absolute Gasteiger partial charge is 0.410 e. The minimum atomic E-state index is -5.65. The largest absolute Gasteiger partial charge is 0.458 e. The number of nitrogens with zero attached hydrogens (tertiary/aromatic N) is 1.